The van der Waals surface area contributed by atoms with Crippen LogP contribution in [0.3, 0.4) is 0 Å². The van der Waals surface area contributed by atoms with E-state index < -0.39 is 10.0 Å². The molecule has 0 aliphatic carbocycles. The van der Waals surface area contributed by atoms with E-state index in [-0.39, 0.29) is 6.04 Å². The minimum Gasteiger partial charge on any atom is -0.317 e. The Labute approximate surface area is 133 Å². The Kier molecular flexibility index (Phi) is 4.25. The maximum Gasteiger partial charge on any atom is 0.252 e. The monoisotopic (exact) mass is 344 g/mol. The van der Waals surface area contributed by atoms with Crippen LogP contribution in [0.25, 0.3) is 10.1 Å². The normalized spacial score (nSPS) is 17.7. The third-order valence-corrected chi connectivity index (χ3v) is 7.62. The van der Waals surface area contributed by atoms with E-state index in [4.69, 9.17) is 11.6 Å². The largest absolute Gasteiger partial charge is 0.317 e. The summed E-state index contributed by atoms with van der Waals surface area (Å²) in [7, 11) is -1.75. The smallest absolute Gasteiger partial charge is 0.252 e. The highest BCUT2D eigenvalue weighted by Gasteiger charge is 2.30. The number of piperidine rings is 1. The number of rotatable bonds is 3. The Balaban J connectivity index is 1.95. The van der Waals surface area contributed by atoms with Crippen LogP contribution in [0.15, 0.2) is 28.5 Å². The summed E-state index contributed by atoms with van der Waals surface area (Å²) in [5, 5.41) is 4.76. The van der Waals surface area contributed by atoms with Crippen LogP contribution in [-0.2, 0) is 10.0 Å². The van der Waals surface area contributed by atoms with Crippen LogP contribution in [0.2, 0.25) is 5.02 Å². The molecule has 0 atom stereocenters. The summed E-state index contributed by atoms with van der Waals surface area (Å²) in [6.45, 7) is 1.74. The SMILES string of the molecule is CN(C1CCNCC1)S(=O)(=O)c1cc2cc(Cl)ccc2s1. The van der Waals surface area contributed by atoms with Gasteiger partial charge in [-0.05, 0) is 55.6 Å². The van der Waals surface area contributed by atoms with Crippen LogP contribution in [0.4, 0.5) is 0 Å². The number of hydrogen-bond acceptors (Lipinski definition) is 4. The highest BCUT2D eigenvalue weighted by atomic mass is 35.5. The summed E-state index contributed by atoms with van der Waals surface area (Å²) >= 11 is 7.27. The van der Waals surface area contributed by atoms with Crippen molar-refractivity contribution in [2.75, 3.05) is 20.1 Å². The molecular formula is C14H17ClN2O2S2. The predicted molar refractivity (Wildman–Crippen MR) is 87.7 cm³/mol. The Hall–Kier alpha value is -0.660. The fraction of sp³-hybridized carbons (Fsp3) is 0.429. The summed E-state index contributed by atoms with van der Waals surface area (Å²) in [4.78, 5) is 0. The number of fused-ring (bicyclic) bond motifs is 1. The van der Waals surface area contributed by atoms with Gasteiger partial charge in [0.05, 0.1) is 0 Å². The lowest BCUT2D eigenvalue weighted by atomic mass is 10.1. The van der Waals surface area contributed by atoms with Crippen LogP contribution in [0, 0.1) is 0 Å². The lowest BCUT2D eigenvalue weighted by molar-refractivity contribution is 0.297. The molecule has 114 valence electrons. The molecule has 1 aromatic carbocycles. The number of benzene rings is 1. The molecule has 0 bridgehead atoms. The first-order valence-electron chi connectivity index (χ1n) is 6.86. The van der Waals surface area contributed by atoms with Gasteiger partial charge in [-0.15, -0.1) is 11.3 Å². The van der Waals surface area contributed by atoms with Crippen molar-refractivity contribution < 1.29 is 8.42 Å². The van der Waals surface area contributed by atoms with E-state index in [1.54, 1.807) is 25.2 Å². The molecule has 0 unspecified atom stereocenters. The minimum atomic E-state index is -3.43. The van der Waals surface area contributed by atoms with Gasteiger partial charge >= 0.3 is 0 Å². The van der Waals surface area contributed by atoms with Gasteiger partial charge in [0.15, 0.2) is 0 Å². The first kappa shape index (κ1) is 15.2. The van der Waals surface area contributed by atoms with Crippen molar-refractivity contribution in [3.63, 3.8) is 0 Å². The highest BCUT2D eigenvalue weighted by molar-refractivity contribution is 7.91. The van der Waals surface area contributed by atoms with Crippen molar-refractivity contribution in [3.8, 4) is 0 Å². The van der Waals surface area contributed by atoms with Crippen LogP contribution < -0.4 is 5.32 Å². The summed E-state index contributed by atoms with van der Waals surface area (Å²) in [5.74, 6) is 0. The average molecular weight is 345 g/mol. The second kappa shape index (κ2) is 5.85. The van der Waals surface area contributed by atoms with E-state index in [1.807, 2.05) is 6.07 Å². The van der Waals surface area contributed by atoms with Crippen molar-refractivity contribution in [3.05, 3.63) is 29.3 Å². The average Bonchev–Trinajstić information content (AvgIpc) is 2.91. The number of nitrogens with zero attached hydrogens (tertiary/aromatic N) is 1. The predicted octanol–water partition coefficient (Wildman–Crippen LogP) is 2.93. The first-order valence-corrected chi connectivity index (χ1v) is 9.50. The first-order chi connectivity index (χ1) is 9.98. The van der Waals surface area contributed by atoms with Crippen LogP contribution >= 0.6 is 22.9 Å². The lowest BCUT2D eigenvalue weighted by Gasteiger charge is -2.30. The molecule has 0 radical (unpaired) electrons. The molecule has 1 saturated heterocycles. The zero-order valence-electron chi connectivity index (χ0n) is 11.7. The Morgan fingerprint density at radius 3 is 2.71 bits per heavy atom. The summed E-state index contributed by atoms with van der Waals surface area (Å²) in [6, 6.07) is 7.25. The van der Waals surface area contributed by atoms with E-state index >= 15 is 0 Å². The van der Waals surface area contributed by atoms with Crippen LogP contribution in [0.1, 0.15) is 12.8 Å². The Bertz CT molecular complexity index is 751. The van der Waals surface area contributed by atoms with Gasteiger partial charge in [0, 0.05) is 22.8 Å². The molecule has 0 amide bonds. The summed E-state index contributed by atoms with van der Waals surface area (Å²) in [6.07, 6.45) is 1.71. The number of hydrogen-bond donors (Lipinski definition) is 1. The molecule has 1 fully saturated rings. The molecule has 1 aliphatic rings. The van der Waals surface area contributed by atoms with E-state index in [9.17, 15) is 8.42 Å². The maximum atomic E-state index is 12.8. The van der Waals surface area contributed by atoms with Crippen molar-refractivity contribution in [2.24, 2.45) is 0 Å². The highest BCUT2D eigenvalue weighted by Crippen LogP contribution is 2.33. The van der Waals surface area contributed by atoms with Gasteiger partial charge in [0.1, 0.15) is 4.21 Å². The van der Waals surface area contributed by atoms with Crippen molar-refractivity contribution >= 4 is 43.0 Å². The standard InChI is InChI=1S/C14H17ClN2O2S2/c1-17(12-4-6-16-7-5-12)21(18,19)14-9-10-8-11(15)2-3-13(10)20-14/h2-3,8-9,12,16H,4-7H2,1H3. The fourth-order valence-electron chi connectivity index (χ4n) is 2.63. The molecule has 1 aromatic heterocycles. The molecule has 1 aliphatic heterocycles. The Morgan fingerprint density at radius 2 is 2.00 bits per heavy atom. The van der Waals surface area contributed by atoms with E-state index in [1.165, 1.54) is 15.6 Å². The quantitative estimate of drug-likeness (QED) is 0.931. The molecule has 21 heavy (non-hydrogen) atoms. The van der Waals surface area contributed by atoms with E-state index in [0.29, 0.717) is 9.23 Å². The van der Waals surface area contributed by atoms with Crippen molar-refractivity contribution in [2.45, 2.75) is 23.1 Å². The molecule has 1 N–H and O–H groups in total. The molecule has 3 rings (SSSR count). The fourth-order valence-corrected chi connectivity index (χ4v) is 5.79. The summed E-state index contributed by atoms with van der Waals surface area (Å²) in [5.41, 5.74) is 0. The summed E-state index contributed by atoms with van der Waals surface area (Å²) < 4.78 is 28.4. The third kappa shape index (κ3) is 2.96. The van der Waals surface area contributed by atoms with Gasteiger partial charge in [0.25, 0.3) is 10.0 Å². The number of halogens is 1. The minimum absolute atomic E-state index is 0.0741. The molecule has 0 spiro atoms. The molecule has 7 heteroatoms. The van der Waals surface area contributed by atoms with Crippen molar-refractivity contribution in [1.82, 2.24) is 9.62 Å². The van der Waals surface area contributed by atoms with Crippen molar-refractivity contribution in [1.29, 1.82) is 0 Å². The van der Waals surface area contributed by atoms with Gasteiger partial charge in [-0.3, -0.25) is 0 Å². The zero-order valence-corrected chi connectivity index (χ0v) is 14.1. The van der Waals surface area contributed by atoms with Crippen LogP contribution in [0.5, 0.6) is 0 Å². The number of nitrogens with one attached hydrogen (secondary N) is 1. The second-order valence-electron chi connectivity index (χ2n) is 5.25. The van der Waals surface area contributed by atoms with Gasteiger partial charge < -0.3 is 5.32 Å². The molecule has 0 saturated carbocycles. The number of sulfonamides is 1. The molecule has 4 nitrogen and oxygen atoms in total. The second-order valence-corrected chi connectivity index (χ2v) is 8.99. The lowest BCUT2D eigenvalue weighted by Crippen LogP contribution is -2.43. The zero-order chi connectivity index (χ0) is 15.0. The van der Waals surface area contributed by atoms with Gasteiger partial charge in [-0.2, -0.15) is 4.31 Å². The third-order valence-electron chi connectivity index (χ3n) is 3.91. The topological polar surface area (TPSA) is 49.4 Å². The molecule has 2 heterocycles. The van der Waals surface area contributed by atoms with Gasteiger partial charge in [-0.25, -0.2) is 8.42 Å². The molecular weight excluding hydrogens is 328 g/mol. The maximum absolute atomic E-state index is 12.8. The Morgan fingerprint density at radius 1 is 1.29 bits per heavy atom. The van der Waals surface area contributed by atoms with E-state index in [0.717, 1.165) is 36.0 Å². The van der Waals surface area contributed by atoms with Gasteiger partial charge in [0.2, 0.25) is 0 Å². The molecule has 2 aromatic rings. The number of thiophene rings is 1. The van der Waals surface area contributed by atoms with Gasteiger partial charge in [-0.1, -0.05) is 11.6 Å². The van der Waals surface area contributed by atoms with E-state index in [2.05, 4.69) is 5.32 Å². The van der Waals surface area contributed by atoms with Crippen LogP contribution in [-0.4, -0.2) is 38.9 Å².